The Kier molecular flexibility index (Phi) is 5.88. The lowest BCUT2D eigenvalue weighted by atomic mass is 10.2. The van der Waals surface area contributed by atoms with Gasteiger partial charge < -0.3 is 10.6 Å². The average molecular weight is 384 g/mol. The fourth-order valence-electron chi connectivity index (χ4n) is 2.79. The maximum Gasteiger partial charge on any atom is 0.275 e. The van der Waals surface area contributed by atoms with Crippen LogP contribution in [0.5, 0.6) is 0 Å². The molecule has 140 valence electrons. The van der Waals surface area contributed by atoms with Crippen LogP contribution in [-0.2, 0) is 6.54 Å². The first-order valence-corrected chi connectivity index (χ1v) is 9.17. The molecular weight excluding hydrogens is 362 g/mol. The number of aryl methyl sites for hydroxylation is 2. The van der Waals surface area contributed by atoms with Gasteiger partial charge in [0.25, 0.3) is 5.91 Å². The van der Waals surface area contributed by atoms with Crippen LogP contribution in [0.4, 0.5) is 5.69 Å². The number of benzene rings is 1. The molecule has 0 unspecified atom stereocenters. The molecule has 2 aromatic heterocycles. The lowest BCUT2D eigenvalue weighted by molar-refractivity contribution is 0.102. The summed E-state index contributed by atoms with van der Waals surface area (Å²) in [5.74, 6) is 0.194. The monoisotopic (exact) mass is 383 g/mol. The molecule has 6 nitrogen and oxygen atoms in total. The number of rotatable bonds is 6. The Morgan fingerprint density at radius 1 is 1.19 bits per heavy atom. The fourth-order valence-corrected chi connectivity index (χ4v) is 2.98. The van der Waals surface area contributed by atoms with Gasteiger partial charge >= 0.3 is 0 Å². The van der Waals surface area contributed by atoms with Crippen molar-refractivity contribution in [3.63, 3.8) is 0 Å². The van der Waals surface area contributed by atoms with Crippen molar-refractivity contribution in [1.82, 2.24) is 20.1 Å². The fraction of sp³-hybridized carbons (Fsp3) is 0.250. The minimum absolute atomic E-state index is 0.166. The zero-order chi connectivity index (χ0) is 19.4. The van der Waals surface area contributed by atoms with E-state index >= 15 is 0 Å². The van der Waals surface area contributed by atoms with Crippen LogP contribution in [0.1, 0.15) is 34.4 Å². The van der Waals surface area contributed by atoms with E-state index in [0.29, 0.717) is 16.5 Å². The van der Waals surface area contributed by atoms with Crippen LogP contribution < -0.4 is 10.6 Å². The number of carbonyl (C=O) groups excluding carboxylic acids is 1. The quantitative estimate of drug-likeness (QED) is 0.677. The molecule has 0 bridgehead atoms. The van der Waals surface area contributed by atoms with E-state index in [4.69, 9.17) is 11.6 Å². The van der Waals surface area contributed by atoms with Gasteiger partial charge in [-0.3, -0.25) is 4.79 Å². The first kappa shape index (κ1) is 19.1. The summed E-state index contributed by atoms with van der Waals surface area (Å²) in [6.07, 6.45) is 0. The van der Waals surface area contributed by atoms with Crippen molar-refractivity contribution in [1.29, 1.82) is 0 Å². The number of pyridine rings is 1. The smallest absolute Gasteiger partial charge is 0.275 e. The molecule has 3 aromatic rings. The predicted molar refractivity (Wildman–Crippen MR) is 108 cm³/mol. The highest BCUT2D eigenvalue weighted by Gasteiger charge is 2.15. The third-order valence-corrected chi connectivity index (χ3v) is 4.34. The number of nitrogens with one attached hydrogen (secondary N) is 2. The lowest BCUT2D eigenvalue weighted by Crippen LogP contribution is -2.17. The molecule has 0 aliphatic rings. The van der Waals surface area contributed by atoms with Gasteiger partial charge in [0.1, 0.15) is 5.69 Å². The maximum absolute atomic E-state index is 12.7. The van der Waals surface area contributed by atoms with Crippen LogP contribution in [0.2, 0.25) is 5.02 Å². The number of halogens is 1. The summed E-state index contributed by atoms with van der Waals surface area (Å²) >= 11 is 6.23. The number of amides is 1. The zero-order valence-electron chi connectivity index (χ0n) is 15.6. The Morgan fingerprint density at radius 3 is 2.70 bits per heavy atom. The van der Waals surface area contributed by atoms with E-state index in [-0.39, 0.29) is 11.6 Å². The minimum Gasteiger partial charge on any atom is -0.321 e. The third-order valence-electron chi connectivity index (χ3n) is 4.04. The van der Waals surface area contributed by atoms with Gasteiger partial charge in [-0.05, 0) is 56.3 Å². The van der Waals surface area contributed by atoms with Gasteiger partial charge in [-0.15, -0.1) is 0 Å². The largest absolute Gasteiger partial charge is 0.321 e. The molecule has 1 amide bonds. The molecule has 1 aromatic carbocycles. The molecule has 27 heavy (non-hydrogen) atoms. The van der Waals surface area contributed by atoms with Crippen LogP contribution in [0.25, 0.3) is 5.82 Å². The first-order chi connectivity index (χ1) is 13.0. The van der Waals surface area contributed by atoms with Crippen LogP contribution in [0, 0.1) is 13.8 Å². The van der Waals surface area contributed by atoms with Crippen LogP contribution >= 0.6 is 11.6 Å². The van der Waals surface area contributed by atoms with Gasteiger partial charge in [-0.1, -0.05) is 30.7 Å². The summed E-state index contributed by atoms with van der Waals surface area (Å²) in [5, 5.41) is 10.8. The highest BCUT2D eigenvalue weighted by Crippen LogP contribution is 2.20. The number of nitrogens with zero attached hydrogens (tertiary/aromatic N) is 3. The van der Waals surface area contributed by atoms with E-state index in [2.05, 4.69) is 27.6 Å². The van der Waals surface area contributed by atoms with Crippen molar-refractivity contribution in [2.45, 2.75) is 27.3 Å². The van der Waals surface area contributed by atoms with Crippen molar-refractivity contribution in [2.24, 2.45) is 0 Å². The van der Waals surface area contributed by atoms with Gasteiger partial charge in [0.2, 0.25) is 0 Å². The summed E-state index contributed by atoms with van der Waals surface area (Å²) in [5.41, 5.74) is 3.77. The highest BCUT2D eigenvalue weighted by molar-refractivity contribution is 6.34. The molecule has 0 radical (unpaired) electrons. The van der Waals surface area contributed by atoms with E-state index in [1.54, 1.807) is 16.8 Å². The second-order valence-electron chi connectivity index (χ2n) is 6.27. The Morgan fingerprint density at radius 2 is 2.00 bits per heavy atom. The standard InChI is InChI=1S/C20H22ClN5O/c1-4-22-12-15-6-5-7-16(11-15)23-20(27)19-17(21)8-9-18(24-19)26-14(3)10-13(2)25-26/h5-11,22H,4,12H2,1-3H3,(H,23,27). The Balaban J connectivity index is 1.84. The predicted octanol–water partition coefficient (Wildman–Crippen LogP) is 3.90. The van der Waals surface area contributed by atoms with Crippen molar-refractivity contribution in [3.8, 4) is 5.82 Å². The molecule has 0 saturated heterocycles. The first-order valence-electron chi connectivity index (χ1n) is 8.79. The summed E-state index contributed by atoms with van der Waals surface area (Å²) in [6, 6.07) is 13.0. The molecule has 2 heterocycles. The Hall–Kier alpha value is -2.70. The van der Waals surface area contributed by atoms with E-state index in [1.165, 1.54) is 0 Å². The Bertz CT molecular complexity index is 967. The van der Waals surface area contributed by atoms with Gasteiger partial charge in [-0.2, -0.15) is 5.10 Å². The number of anilines is 1. The van der Waals surface area contributed by atoms with Crippen LogP contribution in [-0.4, -0.2) is 27.2 Å². The van der Waals surface area contributed by atoms with E-state index in [1.807, 2.05) is 44.2 Å². The summed E-state index contributed by atoms with van der Waals surface area (Å²) < 4.78 is 1.69. The SMILES string of the molecule is CCNCc1cccc(NC(=O)c2nc(-n3nc(C)cc3C)ccc2Cl)c1. The third kappa shape index (κ3) is 4.53. The number of hydrogen-bond acceptors (Lipinski definition) is 4. The van der Waals surface area contributed by atoms with Gasteiger partial charge in [-0.25, -0.2) is 9.67 Å². The molecule has 0 aliphatic carbocycles. The van der Waals surface area contributed by atoms with E-state index in [0.717, 1.165) is 30.0 Å². The van der Waals surface area contributed by atoms with Crippen LogP contribution in [0.15, 0.2) is 42.5 Å². The molecule has 3 rings (SSSR count). The molecular formula is C20H22ClN5O. The molecule has 0 aliphatic heterocycles. The minimum atomic E-state index is -0.357. The summed E-state index contributed by atoms with van der Waals surface area (Å²) in [7, 11) is 0. The number of carbonyl (C=O) groups is 1. The van der Waals surface area contributed by atoms with Crippen molar-refractivity contribution >= 4 is 23.2 Å². The Labute approximate surface area is 163 Å². The maximum atomic E-state index is 12.7. The second kappa shape index (κ2) is 8.33. The summed E-state index contributed by atoms with van der Waals surface area (Å²) in [6.45, 7) is 7.52. The number of aromatic nitrogens is 3. The van der Waals surface area contributed by atoms with Gasteiger partial charge in [0, 0.05) is 17.9 Å². The molecule has 0 fully saturated rings. The van der Waals surface area contributed by atoms with E-state index < -0.39 is 0 Å². The highest BCUT2D eigenvalue weighted by atomic mass is 35.5. The average Bonchev–Trinajstić information content (AvgIpc) is 2.99. The summed E-state index contributed by atoms with van der Waals surface area (Å²) in [4.78, 5) is 17.2. The van der Waals surface area contributed by atoms with Gasteiger partial charge in [0.15, 0.2) is 5.82 Å². The van der Waals surface area contributed by atoms with Gasteiger partial charge in [0.05, 0.1) is 10.7 Å². The topological polar surface area (TPSA) is 71.8 Å². The van der Waals surface area contributed by atoms with Crippen molar-refractivity contribution < 1.29 is 4.79 Å². The molecule has 0 spiro atoms. The molecule has 0 atom stereocenters. The van der Waals surface area contributed by atoms with Crippen LogP contribution in [0.3, 0.4) is 0 Å². The van der Waals surface area contributed by atoms with Crippen molar-refractivity contribution in [3.05, 3.63) is 70.1 Å². The molecule has 0 saturated carbocycles. The second-order valence-corrected chi connectivity index (χ2v) is 6.68. The van der Waals surface area contributed by atoms with E-state index in [9.17, 15) is 4.79 Å². The molecule has 7 heteroatoms. The zero-order valence-corrected chi connectivity index (χ0v) is 16.3. The van der Waals surface area contributed by atoms with Crippen molar-refractivity contribution in [2.75, 3.05) is 11.9 Å². The molecule has 2 N–H and O–H groups in total. The lowest BCUT2D eigenvalue weighted by Gasteiger charge is -2.10. The normalized spacial score (nSPS) is 10.8. The number of hydrogen-bond donors (Lipinski definition) is 2.